The number of allylic oxidation sites excluding steroid dienone is 2. The first-order chi connectivity index (χ1) is 6.59. The molecule has 0 saturated carbocycles. The largest absolute Gasteiger partial charge is 0.478 e. The van der Waals surface area contributed by atoms with Crippen LogP contribution >= 0.6 is 0 Å². The molecule has 1 aliphatic heterocycles. The van der Waals surface area contributed by atoms with Crippen LogP contribution in [0.2, 0.25) is 0 Å². The quantitative estimate of drug-likeness (QED) is 0.548. The van der Waals surface area contributed by atoms with Gasteiger partial charge in [0.2, 0.25) is 0 Å². The van der Waals surface area contributed by atoms with E-state index >= 15 is 0 Å². The molecular formula is C11H17NO2. The number of hydrogen-bond donors (Lipinski definition) is 1. The summed E-state index contributed by atoms with van der Waals surface area (Å²) in [6.45, 7) is 4.29. The fourth-order valence-electron chi connectivity index (χ4n) is 1.72. The highest BCUT2D eigenvalue weighted by Gasteiger charge is 2.19. The Hall–Kier alpha value is -1.09. The summed E-state index contributed by atoms with van der Waals surface area (Å²) in [5.41, 5.74) is 1.27. The van der Waals surface area contributed by atoms with Gasteiger partial charge in [0, 0.05) is 12.6 Å². The van der Waals surface area contributed by atoms with Crippen LogP contribution in [0.3, 0.4) is 0 Å². The van der Waals surface area contributed by atoms with Crippen molar-refractivity contribution in [2.75, 3.05) is 20.1 Å². The average molecular weight is 195 g/mol. The van der Waals surface area contributed by atoms with Crippen molar-refractivity contribution in [2.24, 2.45) is 5.92 Å². The molecule has 0 radical (unpaired) electrons. The van der Waals surface area contributed by atoms with E-state index in [2.05, 4.69) is 18.9 Å². The zero-order valence-electron chi connectivity index (χ0n) is 8.73. The lowest BCUT2D eigenvalue weighted by atomic mass is 9.99. The maximum absolute atomic E-state index is 10.2. The standard InChI is InChI=1S/C11H17NO2/c1-9(4-3-5-11(13)14)10-6-7-12(2)8-10/h3-5,10H,6-8H2,1-2H3,(H,13,14)/b5-3+,9-4+. The van der Waals surface area contributed by atoms with Crippen molar-refractivity contribution >= 4 is 5.97 Å². The Labute approximate surface area is 84.7 Å². The molecule has 0 aromatic rings. The molecule has 78 valence electrons. The van der Waals surface area contributed by atoms with Crippen LogP contribution in [0.4, 0.5) is 0 Å². The number of carboxylic acid groups (broad SMARTS) is 1. The van der Waals surface area contributed by atoms with Gasteiger partial charge in [0.15, 0.2) is 0 Å². The fraction of sp³-hybridized carbons (Fsp3) is 0.545. The van der Waals surface area contributed by atoms with Crippen molar-refractivity contribution < 1.29 is 9.90 Å². The number of carbonyl (C=O) groups is 1. The molecule has 0 spiro atoms. The number of carboxylic acids is 1. The molecule has 1 unspecified atom stereocenters. The zero-order valence-corrected chi connectivity index (χ0v) is 8.73. The predicted octanol–water partition coefficient (Wildman–Crippen LogP) is 1.53. The van der Waals surface area contributed by atoms with Gasteiger partial charge < -0.3 is 10.0 Å². The van der Waals surface area contributed by atoms with Crippen molar-refractivity contribution in [2.45, 2.75) is 13.3 Å². The van der Waals surface area contributed by atoms with Crippen molar-refractivity contribution in [1.82, 2.24) is 4.90 Å². The number of rotatable bonds is 3. The maximum Gasteiger partial charge on any atom is 0.328 e. The molecule has 0 amide bonds. The van der Waals surface area contributed by atoms with Gasteiger partial charge in [0.1, 0.15) is 0 Å². The second kappa shape index (κ2) is 4.96. The second-order valence-electron chi connectivity index (χ2n) is 3.86. The van der Waals surface area contributed by atoms with Crippen LogP contribution in [-0.2, 0) is 4.79 Å². The maximum atomic E-state index is 10.2. The van der Waals surface area contributed by atoms with E-state index in [1.165, 1.54) is 18.1 Å². The molecular weight excluding hydrogens is 178 g/mol. The Morgan fingerprint density at radius 1 is 1.57 bits per heavy atom. The van der Waals surface area contributed by atoms with Gasteiger partial charge in [-0.25, -0.2) is 4.79 Å². The normalized spacial score (nSPS) is 24.7. The van der Waals surface area contributed by atoms with Crippen molar-refractivity contribution in [3.05, 3.63) is 23.8 Å². The van der Waals surface area contributed by atoms with Crippen molar-refractivity contribution in [1.29, 1.82) is 0 Å². The summed E-state index contributed by atoms with van der Waals surface area (Å²) in [4.78, 5) is 12.5. The molecule has 1 saturated heterocycles. The monoisotopic (exact) mass is 195 g/mol. The lowest BCUT2D eigenvalue weighted by molar-refractivity contribution is -0.131. The highest BCUT2D eigenvalue weighted by Crippen LogP contribution is 2.21. The first kappa shape index (κ1) is 11.0. The highest BCUT2D eigenvalue weighted by atomic mass is 16.4. The van der Waals surface area contributed by atoms with Crippen molar-refractivity contribution in [3.63, 3.8) is 0 Å². The van der Waals surface area contributed by atoms with Crippen LogP contribution in [0, 0.1) is 5.92 Å². The van der Waals surface area contributed by atoms with Crippen LogP contribution in [0.5, 0.6) is 0 Å². The smallest absolute Gasteiger partial charge is 0.328 e. The number of likely N-dealkylation sites (tertiary alicyclic amines) is 1. The fourth-order valence-corrected chi connectivity index (χ4v) is 1.72. The molecule has 3 nitrogen and oxygen atoms in total. The van der Waals surface area contributed by atoms with E-state index < -0.39 is 5.97 Å². The van der Waals surface area contributed by atoms with Gasteiger partial charge in [0.05, 0.1) is 0 Å². The van der Waals surface area contributed by atoms with E-state index in [-0.39, 0.29) is 0 Å². The molecule has 1 heterocycles. The summed E-state index contributed by atoms with van der Waals surface area (Å²) in [6, 6.07) is 0. The average Bonchev–Trinajstić information content (AvgIpc) is 2.51. The summed E-state index contributed by atoms with van der Waals surface area (Å²) in [6.07, 6.45) is 5.86. The Kier molecular flexibility index (Phi) is 3.89. The Morgan fingerprint density at radius 3 is 2.79 bits per heavy atom. The van der Waals surface area contributed by atoms with Crippen LogP contribution < -0.4 is 0 Å². The number of nitrogens with zero attached hydrogens (tertiary/aromatic N) is 1. The third-order valence-electron chi connectivity index (χ3n) is 2.63. The molecule has 0 aliphatic carbocycles. The van der Waals surface area contributed by atoms with Crippen LogP contribution in [0.1, 0.15) is 13.3 Å². The van der Waals surface area contributed by atoms with Gasteiger partial charge >= 0.3 is 5.97 Å². The van der Waals surface area contributed by atoms with E-state index in [4.69, 9.17) is 5.11 Å². The van der Waals surface area contributed by atoms with E-state index in [1.54, 1.807) is 6.08 Å². The second-order valence-corrected chi connectivity index (χ2v) is 3.86. The van der Waals surface area contributed by atoms with Gasteiger partial charge in [-0.15, -0.1) is 0 Å². The molecule has 1 N–H and O–H groups in total. The third kappa shape index (κ3) is 3.34. The van der Waals surface area contributed by atoms with Gasteiger partial charge in [-0.05, 0) is 32.9 Å². The summed E-state index contributed by atoms with van der Waals surface area (Å²) in [5, 5.41) is 8.41. The summed E-state index contributed by atoms with van der Waals surface area (Å²) < 4.78 is 0. The van der Waals surface area contributed by atoms with Crippen LogP contribution in [-0.4, -0.2) is 36.1 Å². The summed E-state index contributed by atoms with van der Waals surface area (Å²) >= 11 is 0. The molecule has 3 heteroatoms. The minimum Gasteiger partial charge on any atom is -0.478 e. The summed E-state index contributed by atoms with van der Waals surface area (Å²) in [7, 11) is 2.11. The number of aliphatic carboxylic acids is 1. The molecule has 1 rings (SSSR count). The Bertz CT molecular complexity index is 268. The van der Waals surface area contributed by atoms with E-state index in [9.17, 15) is 4.79 Å². The Balaban J connectivity index is 2.48. The molecule has 1 aliphatic rings. The molecule has 0 aromatic carbocycles. The van der Waals surface area contributed by atoms with E-state index in [1.807, 2.05) is 6.08 Å². The minimum absolute atomic E-state index is 0.596. The zero-order chi connectivity index (χ0) is 10.6. The van der Waals surface area contributed by atoms with Crippen LogP contribution in [0.15, 0.2) is 23.8 Å². The highest BCUT2D eigenvalue weighted by molar-refractivity contribution is 5.80. The predicted molar refractivity (Wildman–Crippen MR) is 56.1 cm³/mol. The van der Waals surface area contributed by atoms with Gasteiger partial charge in [-0.2, -0.15) is 0 Å². The summed E-state index contributed by atoms with van der Waals surface area (Å²) in [5.74, 6) is -0.295. The van der Waals surface area contributed by atoms with Crippen LogP contribution in [0.25, 0.3) is 0 Å². The van der Waals surface area contributed by atoms with Gasteiger partial charge in [0.25, 0.3) is 0 Å². The third-order valence-corrected chi connectivity index (χ3v) is 2.63. The molecule has 1 fully saturated rings. The molecule has 14 heavy (non-hydrogen) atoms. The lowest BCUT2D eigenvalue weighted by Gasteiger charge is -2.09. The first-order valence-electron chi connectivity index (χ1n) is 4.86. The van der Waals surface area contributed by atoms with Gasteiger partial charge in [-0.1, -0.05) is 17.7 Å². The number of hydrogen-bond acceptors (Lipinski definition) is 2. The van der Waals surface area contributed by atoms with Crippen molar-refractivity contribution in [3.8, 4) is 0 Å². The van der Waals surface area contributed by atoms with E-state index in [0.29, 0.717) is 5.92 Å². The first-order valence-corrected chi connectivity index (χ1v) is 4.86. The lowest BCUT2D eigenvalue weighted by Crippen LogP contribution is -2.14. The van der Waals surface area contributed by atoms with E-state index in [0.717, 1.165) is 13.1 Å². The molecule has 0 bridgehead atoms. The minimum atomic E-state index is -0.891. The SMILES string of the molecule is C/C(=C\C=C\C(=O)O)C1CCN(C)C1. The molecule has 0 aromatic heterocycles. The van der Waals surface area contributed by atoms with Gasteiger partial charge in [-0.3, -0.25) is 0 Å². The Morgan fingerprint density at radius 2 is 2.29 bits per heavy atom. The topological polar surface area (TPSA) is 40.5 Å². The molecule has 1 atom stereocenters.